The topological polar surface area (TPSA) is 52.0 Å². The summed E-state index contributed by atoms with van der Waals surface area (Å²) in [5.74, 6) is -0.281. The van der Waals surface area contributed by atoms with Crippen LogP contribution >= 0.6 is 0 Å². The van der Waals surface area contributed by atoms with Crippen LogP contribution in [0.15, 0.2) is 12.1 Å². The van der Waals surface area contributed by atoms with Crippen molar-refractivity contribution in [3.8, 4) is 0 Å². The highest BCUT2D eigenvalue weighted by Crippen LogP contribution is 2.28. The molecular formula is C11H17FN2. The Morgan fingerprint density at radius 1 is 1.43 bits per heavy atom. The summed E-state index contributed by atoms with van der Waals surface area (Å²) in [4.78, 5) is 0. The lowest BCUT2D eigenvalue weighted by Crippen LogP contribution is -2.33. The van der Waals surface area contributed by atoms with Gasteiger partial charge in [0.15, 0.2) is 0 Å². The Kier molecular flexibility index (Phi) is 2.81. The molecule has 0 aliphatic heterocycles. The van der Waals surface area contributed by atoms with Gasteiger partial charge in [-0.2, -0.15) is 0 Å². The molecule has 0 aliphatic carbocycles. The number of hydrogen-bond acceptors (Lipinski definition) is 2. The average Bonchev–Trinajstić information content (AvgIpc) is 2.14. The standard InChI is InChI=1S/C11H17FN2/c1-4-11(3,14)8-5-6-9(13)7(2)10(8)12/h5-6H,4,13-14H2,1-3H3. The summed E-state index contributed by atoms with van der Waals surface area (Å²) in [5.41, 5.74) is 12.4. The third-order valence-electron chi connectivity index (χ3n) is 2.78. The van der Waals surface area contributed by atoms with E-state index in [1.807, 2.05) is 13.8 Å². The molecule has 0 radical (unpaired) electrons. The first-order valence-corrected chi connectivity index (χ1v) is 4.74. The van der Waals surface area contributed by atoms with Crippen molar-refractivity contribution in [2.24, 2.45) is 5.73 Å². The van der Waals surface area contributed by atoms with E-state index in [2.05, 4.69) is 0 Å². The Balaban J connectivity index is 3.31. The van der Waals surface area contributed by atoms with Crippen molar-refractivity contribution in [3.63, 3.8) is 0 Å². The Bertz CT molecular complexity index is 345. The van der Waals surface area contributed by atoms with E-state index >= 15 is 0 Å². The van der Waals surface area contributed by atoms with Gasteiger partial charge in [0, 0.05) is 22.4 Å². The maximum Gasteiger partial charge on any atom is 0.133 e. The first kappa shape index (κ1) is 11.0. The molecule has 1 unspecified atom stereocenters. The molecule has 0 heterocycles. The Morgan fingerprint density at radius 3 is 2.50 bits per heavy atom. The molecule has 4 N–H and O–H groups in total. The average molecular weight is 196 g/mol. The lowest BCUT2D eigenvalue weighted by molar-refractivity contribution is 0.444. The van der Waals surface area contributed by atoms with E-state index in [9.17, 15) is 4.39 Å². The molecule has 0 amide bonds. The van der Waals surface area contributed by atoms with E-state index in [1.165, 1.54) is 0 Å². The Labute approximate surface area is 84.1 Å². The van der Waals surface area contributed by atoms with Gasteiger partial charge in [-0.1, -0.05) is 13.0 Å². The molecule has 1 aromatic rings. The van der Waals surface area contributed by atoms with E-state index in [4.69, 9.17) is 11.5 Å². The number of anilines is 1. The summed E-state index contributed by atoms with van der Waals surface area (Å²) in [6.45, 7) is 5.42. The lowest BCUT2D eigenvalue weighted by Gasteiger charge is -2.24. The highest BCUT2D eigenvalue weighted by Gasteiger charge is 2.23. The van der Waals surface area contributed by atoms with Crippen LogP contribution in [0.4, 0.5) is 10.1 Å². The fourth-order valence-corrected chi connectivity index (χ4v) is 1.33. The van der Waals surface area contributed by atoms with Crippen molar-refractivity contribution >= 4 is 5.69 Å². The molecule has 0 saturated heterocycles. The van der Waals surface area contributed by atoms with Crippen LogP contribution in [0.2, 0.25) is 0 Å². The van der Waals surface area contributed by atoms with Crippen LogP contribution < -0.4 is 11.5 Å². The minimum atomic E-state index is -0.622. The van der Waals surface area contributed by atoms with Gasteiger partial charge in [-0.3, -0.25) is 0 Å². The van der Waals surface area contributed by atoms with Crippen molar-refractivity contribution in [2.75, 3.05) is 5.73 Å². The molecule has 2 nitrogen and oxygen atoms in total. The molecule has 0 aromatic heterocycles. The van der Waals surface area contributed by atoms with Crippen LogP contribution in [0.3, 0.4) is 0 Å². The van der Waals surface area contributed by atoms with Crippen LogP contribution in [0.5, 0.6) is 0 Å². The van der Waals surface area contributed by atoms with Crippen molar-refractivity contribution in [1.82, 2.24) is 0 Å². The van der Waals surface area contributed by atoms with Crippen LogP contribution in [-0.2, 0) is 5.54 Å². The third kappa shape index (κ3) is 1.73. The zero-order valence-electron chi connectivity index (χ0n) is 8.89. The van der Waals surface area contributed by atoms with Crippen molar-refractivity contribution in [1.29, 1.82) is 0 Å². The zero-order chi connectivity index (χ0) is 10.9. The number of hydrogen-bond donors (Lipinski definition) is 2. The third-order valence-corrected chi connectivity index (χ3v) is 2.78. The molecule has 0 fully saturated rings. The Morgan fingerprint density at radius 2 is 2.00 bits per heavy atom. The SMILES string of the molecule is CCC(C)(N)c1ccc(N)c(C)c1F. The lowest BCUT2D eigenvalue weighted by atomic mass is 9.88. The van der Waals surface area contributed by atoms with E-state index in [0.29, 0.717) is 23.2 Å². The summed E-state index contributed by atoms with van der Waals surface area (Å²) >= 11 is 0. The van der Waals surface area contributed by atoms with Gasteiger partial charge in [0.05, 0.1) is 0 Å². The van der Waals surface area contributed by atoms with Gasteiger partial charge < -0.3 is 11.5 Å². The first-order valence-electron chi connectivity index (χ1n) is 4.74. The largest absolute Gasteiger partial charge is 0.398 e. The Hall–Kier alpha value is -1.09. The number of halogens is 1. The summed E-state index contributed by atoms with van der Waals surface area (Å²) in [7, 11) is 0. The van der Waals surface area contributed by atoms with Gasteiger partial charge >= 0.3 is 0 Å². The number of rotatable bonds is 2. The molecule has 0 bridgehead atoms. The zero-order valence-corrected chi connectivity index (χ0v) is 8.89. The first-order chi connectivity index (χ1) is 6.40. The van der Waals surface area contributed by atoms with Crippen LogP contribution in [-0.4, -0.2) is 0 Å². The second kappa shape index (κ2) is 3.58. The van der Waals surface area contributed by atoms with Gasteiger partial charge in [-0.05, 0) is 26.3 Å². The maximum atomic E-state index is 13.8. The normalized spacial score (nSPS) is 15.2. The van der Waals surface area contributed by atoms with E-state index in [0.717, 1.165) is 0 Å². The molecule has 0 saturated carbocycles. The van der Waals surface area contributed by atoms with Gasteiger partial charge in [0.2, 0.25) is 0 Å². The summed E-state index contributed by atoms with van der Waals surface area (Å²) in [5, 5.41) is 0. The molecular weight excluding hydrogens is 179 g/mol. The van der Waals surface area contributed by atoms with Crippen LogP contribution in [0, 0.1) is 12.7 Å². The van der Waals surface area contributed by atoms with Gasteiger partial charge in [-0.25, -0.2) is 4.39 Å². The molecule has 0 aliphatic rings. The van der Waals surface area contributed by atoms with Crippen LogP contribution in [0.25, 0.3) is 0 Å². The molecule has 3 heteroatoms. The quantitative estimate of drug-likeness (QED) is 0.713. The molecule has 0 spiro atoms. The summed E-state index contributed by atoms with van der Waals surface area (Å²) in [6, 6.07) is 3.37. The monoisotopic (exact) mass is 196 g/mol. The van der Waals surface area contributed by atoms with Crippen molar-refractivity contribution in [3.05, 3.63) is 29.1 Å². The molecule has 1 aromatic carbocycles. The maximum absolute atomic E-state index is 13.8. The highest BCUT2D eigenvalue weighted by molar-refractivity contribution is 5.50. The minimum Gasteiger partial charge on any atom is -0.398 e. The van der Waals surface area contributed by atoms with Gasteiger partial charge in [-0.15, -0.1) is 0 Å². The predicted molar refractivity (Wildman–Crippen MR) is 57.4 cm³/mol. The number of nitrogen functional groups attached to an aromatic ring is 1. The van der Waals surface area contributed by atoms with Gasteiger partial charge in [0.1, 0.15) is 5.82 Å². The predicted octanol–water partition coefficient (Wildman–Crippen LogP) is 2.30. The second-order valence-corrected chi connectivity index (χ2v) is 3.91. The van der Waals surface area contributed by atoms with Gasteiger partial charge in [0.25, 0.3) is 0 Å². The highest BCUT2D eigenvalue weighted by atomic mass is 19.1. The van der Waals surface area contributed by atoms with Crippen molar-refractivity contribution in [2.45, 2.75) is 32.7 Å². The number of benzene rings is 1. The van der Waals surface area contributed by atoms with E-state index in [1.54, 1.807) is 19.1 Å². The molecule has 78 valence electrons. The summed E-state index contributed by atoms with van der Waals surface area (Å²) < 4.78 is 13.8. The van der Waals surface area contributed by atoms with Crippen LogP contribution in [0.1, 0.15) is 31.4 Å². The molecule has 1 atom stereocenters. The van der Waals surface area contributed by atoms with Crippen molar-refractivity contribution < 1.29 is 4.39 Å². The fourth-order valence-electron chi connectivity index (χ4n) is 1.33. The smallest absolute Gasteiger partial charge is 0.133 e. The number of nitrogens with two attached hydrogens (primary N) is 2. The second-order valence-electron chi connectivity index (χ2n) is 3.91. The summed E-state index contributed by atoms with van der Waals surface area (Å²) in [6.07, 6.45) is 0.688. The minimum absolute atomic E-state index is 0.281. The van der Waals surface area contributed by atoms with E-state index < -0.39 is 5.54 Å². The molecule has 1 rings (SSSR count). The fraction of sp³-hybridized carbons (Fsp3) is 0.455. The molecule has 14 heavy (non-hydrogen) atoms. The van der Waals surface area contributed by atoms with E-state index in [-0.39, 0.29) is 5.82 Å².